The highest BCUT2D eigenvalue weighted by molar-refractivity contribution is 5.21. The first-order valence-electron chi connectivity index (χ1n) is 8.24. The highest BCUT2D eigenvalue weighted by atomic mass is 16.5. The minimum Gasteiger partial charge on any atom is -0.378 e. The van der Waals surface area contributed by atoms with Crippen molar-refractivity contribution < 1.29 is 4.74 Å². The van der Waals surface area contributed by atoms with Crippen LogP contribution in [0.1, 0.15) is 66.7 Å². The van der Waals surface area contributed by atoms with Crippen molar-refractivity contribution in [3.8, 4) is 0 Å². The third kappa shape index (κ3) is 1.75. The van der Waals surface area contributed by atoms with Crippen molar-refractivity contribution in [1.82, 2.24) is 5.32 Å². The van der Waals surface area contributed by atoms with Gasteiger partial charge in [0.25, 0.3) is 0 Å². The largest absolute Gasteiger partial charge is 0.378 e. The second-order valence-electron chi connectivity index (χ2n) is 8.22. The lowest BCUT2D eigenvalue weighted by Crippen LogP contribution is -2.63. The Kier molecular flexibility index (Phi) is 3.07. The fourth-order valence-electron chi connectivity index (χ4n) is 4.93. The first kappa shape index (κ1) is 13.9. The second kappa shape index (κ2) is 4.21. The Morgan fingerprint density at radius 2 is 1.63 bits per heavy atom. The monoisotopic (exact) mass is 265 g/mol. The highest BCUT2D eigenvalue weighted by Gasteiger charge is 2.67. The zero-order chi connectivity index (χ0) is 13.9. The van der Waals surface area contributed by atoms with E-state index in [1.165, 1.54) is 32.1 Å². The van der Waals surface area contributed by atoms with Gasteiger partial charge in [-0.1, -0.05) is 40.5 Å². The van der Waals surface area contributed by atoms with Crippen molar-refractivity contribution in [2.75, 3.05) is 6.61 Å². The molecule has 110 valence electrons. The number of hydrogen-bond donors (Lipinski definition) is 1. The van der Waals surface area contributed by atoms with E-state index in [4.69, 9.17) is 4.74 Å². The molecular formula is C17H31NO. The quantitative estimate of drug-likeness (QED) is 0.836. The van der Waals surface area contributed by atoms with Crippen molar-refractivity contribution in [3.05, 3.63) is 0 Å². The molecule has 2 nitrogen and oxygen atoms in total. The van der Waals surface area contributed by atoms with Crippen molar-refractivity contribution >= 4 is 0 Å². The Hall–Kier alpha value is -0.0800. The molecule has 0 bridgehead atoms. The molecule has 3 rings (SSSR count). The van der Waals surface area contributed by atoms with Crippen LogP contribution in [0.25, 0.3) is 0 Å². The van der Waals surface area contributed by atoms with Gasteiger partial charge >= 0.3 is 0 Å². The van der Waals surface area contributed by atoms with Crippen LogP contribution < -0.4 is 5.32 Å². The van der Waals surface area contributed by atoms with Crippen LogP contribution in [0, 0.1) is 16.2 Å². The van der Waals surface area contributed by atoms with Crippen molar-refractivity contribution in [3.63, 3.8) is 0 Å². The lowest BCUT2D eigenvalue weighted by atomic mass is 9.60. The highest BCUT2D eigenvalue weighted by Crippen LogP contribution is 2.64. The van der Waals surface area contributed by atoms with E-state index >= 15 is 0 Å². The molecule has 3 aliphatic rings. The molecule has 3 saturated carbocycles. The van der Waals surface area contributed by atoms with Crippen molar-refractivity contribution in [2.45, 2.75) is 84.9 Å². The van der Waals surface area contributed by atoms with Crippen LogP contribution in [0.5, 0.6) is 0 Å². The summed E-state index contributed by atoms with van der Waals surface area (Å²) in [5.74, 6) is 0. The molecule has 2 atom stereocenters. The molecule has 1 N–H and O–H groups in total. The van der Waals surface area contributed by atoms with E-state index in [2.05, 4.69) is 39.9 Å². The minimum atomic E-state index is 0.448. The molecule has 19 heavy (non-hydrogen) atoms. The summed E-state index contributed by atoms with van der Waals surface area (Å²) < 4.78 is 6.01. The Bertz CT molecular complexity index is 340. The second-order valence-corrected chi connectivity index (χ2v) is 8.22. The Morgan fingerprint density at radius 3 is 2.11 bits per heavy atom. The first-order valence-corrected chi connectivity index (χ1v) is 8.24. The van der Waals surface area contributed by atoms with E-state index in [-0.39, 0.29) is 0 Å². The number of nitrogens with one attached hydrogen (secondary N) is 1. The Morgan fingerprint density at radius 1 is 1.05 bits per heavy atom. The van der Waals surface area contributed by atoms with E-state index in [1.807, 2.05) is 0 Å². The molecule has 3 aliphatic carbocycles. The summed E-state index contributed by atoms with van der Waals surface area (Å²) in [6.45, 7) is 12.6. The predicted molar refractivity (Wildman–Crippen MR) is 79.2 cm³/mol. The van der Waals surface area contributed by atoms with Crippen LogP contribution in [-0.2, 0) is 4.74 Å². The van der Waals surface area contributed by atoms with E-state index in [0.29, 0.717) is 34.4 Å². The number of ether oxygens (including phenoxy) is 1. The van der Waals surface area contributed by atoms with Gasteiger partial charge in [-0.25, -0.2) is 0 Å². The van der Waals surface area contributed by atoms with Gasteiger partial charge in [0, 0.05) is 24.1 Å². The predicted octanol–water partition coefficient (Wildman–Crippen LogP) is 3.75. The lowest BCUT2D eigenvalue weighted by molar-refractivity contribution is -0.131. The summed E-state index contributed by atoms with van der Waals surface area (Å²) in [6.07, 6.45) is 7.32. The third-order valence-corrected chi connectivity index (χ3v) is 7.08. The molecule has 0 heterocycles. The molecule has 0 aromatic carbocycles. The topological polar surface area (TPSA) is 21.3 Å². The maximum absolute atomic E-state index is 6.01. The fourth-order valence-corrected chi connectivity index (χ4v) is 4.93. The van der Waals surface area contributed by atoms with E-state index < -0.39 is 0 Å². The van der Waals surface area contributed by atoms with Crippen molar-refractivity contribution in [1.29, 1.82) is 0 Å². The molecule has 2 unspecified atom stereocenters. The Labute approximate surface area is 118 Å². The van der Waals surface area contributed by atoms with Crippen LogP contribution >= 0.6 is 0 Å². The maximum Gasteiger partial charge on any atom is 0.0661 e. The summed E-state index contributed by atoms with van der Waals surface area (Å²) in [6, 6.07) is 1.39. The molecule has 0 radical (unpaired) electrons. The summed E-state index contributed by atoms with van der Waals surface area (Å²) in [4.78, 5) is 0. The summed E-state index contributed by atoms with van der Waals surface area (Å²) in [7, 11) is 0. The molecule has 0 saturated heterocycles. The van der Waals surface area contributed by atoms with Crippen LogP contribution in [-0.4, -0.2) is 24.8 Å². The first-order chi connectivity index (χ1) is 8.86. The fraction of sp³-hybridized carbons (Fsp3) is 1.00. The molecule has 0 aromatic rings. The minimum absolute atomic E-state index is 0.448. The van der Waals surface area contributed by atoms with Gasteiger partial charge in [-0.15, -0.1) is 0 Å². The molecule has 0 aliphatic heterocycles. The standard InChI is InChI=1S/C17H31NO/c1-6-19-13-11-12(17(13)9-7-8-10-17)18-14-15(2,3)16(14,4)5/h12-14,18H,6-11H2,1-5H3. The zero-order valence-corrected chi connectivity index (χ0v) is 13.4. The number of hydrogen-bond acceptors (Lipinski definition) is 2. The van der Waals surface area contributed by atoms with Crippen LogP contribution in [0.15, 0.2) is 0 Å². The maximum atomic E-state index is 6.01. The van der Waals surface area contributed by atoms with E-state index in [0.717, 1.165) is 6.61 Å². The van der Waals surface area contributed by atoms with Gasteiger partial charge in [0.05, 0.1) is 6.10 Å². The Balaban J connectivity index is 1.67. The number of rotatable bonds is 4. The van der Waals surface area contributed by atoms with Crippen LogP contribution in [0.3, 0.4) is 0 Å². The van der Waals surface area contributed by atoms with E-state index in [1.54, 1.807) is 0 Å². The van der Waals surface area contributed by atoms with E-state index in [9.17, 15) is 0 Å². The molecule has 3 fully saturated rings. The van der Waals surface area contributed by atoms with Gasteiger partial charge in [-0.3, -0.25) is 0 Å². The normalized spacial score (nSPS) is 38.4. The summed E-state index contributed by atoms with van der Waals surface area (Å²) >= 11 is 0. The van der Waals surface area contributed by atoms with Gasteiger partial charge in [0.15, 0.2) is 0 Å². The summed E-state index contributed by atoms with van der Waals surface area (Å²) in [5, 5.41) is 4.01. The molecular weight excluding hydrogens is 234 g/mol. The average molecular weight is 265 g/mol. The molecule has 2 heteroatoms. The lowest BCUT2D eigenvalue weighted by Gasteiger charge is -2.54. The van der Waals surface area contributed by atoms with Gasteiger partial charge in [0.1, 0.15) is 0 Å². The van der Waals surface area contributed by atoms with Gasteiger partial charge < -0.3 is 10.1 Å². The van der Waals surface area contributed by atoms with Gasteiger partial charge in [0.2, 0.25) is 0 Å². The van der Waals surface area contributed by atoms with Gasteiger partial charge in [-0.05, 0) is 37.0 Å². The summed E-state index contributed by atoms with van der Waals surface area (Å²) in [5.41, 5.74) is 1.37. The smallest absolute Gasteiger partial charge is 0.0661 e. The van der Waals surface area contributed by atoms with Crippen LogP contribution in [0.2, 0.25) is 0 Å². The van der Waals surface area contributed by atoms with Gasteiger partial charge in [-0.2, -0.15) is 0 Å². The third-order valence-electron chi connectivity index (χ3n) is 7.08. The average Bonchev–Trinajstić information content (AvgIpc) is 2.79. The molecule has 1 spiro atoms. The zero-order valence-electron chi connectivity index (χ0n) is 13.4. The SMILES string of the molecule is CCOC1CC(NC2C(C)(C)C2(C)C)C12CCCC2. The van der Waals surface area contributed by atoms with Crippen LogP contribution in [0.4, 0.5) is 0 Å². The molecule has 0 aromatic heterocycles. The van der Waals surface area contributed by atoms with Crippen molar-refractivity contribution in [2.24, 2.45) is 16.2 Å². The molecule has 0 amide bonds.